The van der Waals surface area contributed by atoms with Gasteiger partial charge in [0.15, 0.2) is 6.61 Å². The summed E-state index contributed by atoms with van der Waals surface area (Å²) in [6.45, 7) is 3.41. The lowest BCUT2D eigenvalue weighted by Crippen LogP contribution is -2.44. The third kappa shape index (κ3) is 6.76. The van der Waals surface area contributed by atoms with Crippen LogP contribution in [0.5, 0.6) is 0 Å². The van der Waals surface area contributed by atoms with Crippen molar-refractivity contribution in [1.82, 2.24) is 10.3 Å². The lowest BCUT2D eigenvalue weighted by molar-refractivity contribution is -0.150. The van der Waals surface area contributed by atoms with Gasteiger partial charge in [0.2, 0.25) is 0 Å². The SMILES string of the molecule is COC(=O)[C@@H](CC(C)C)NC(=O)COC(=O)Cc1csc(-c2ccsc2)n1. The van der Waals surface area contributed by atoms with Crippen molar-refractivity contribution in [3.63, 3.8) is 0 Å². The summed E-state index contributed by atoms with van der Waals surface area (Å²) in [5.41, 5.74) is 1.61. The van der Waals surface area contributed by atoms with E-state index in [4.69, 9.17) is 4.74 Å². The van der Waals surface area contributed by atoms with Gasteiger partial charge in [-0.2, -0.15) is 11.3 Å². The van der Waals surface area contributed by atoms with Gasteiger partial charge in [0.25, 0.3) is 5.91 Å². The Morgan fingerprint density at radius 1 is 1.26 bits per heavy atom. The highest BCUT2D eigenvalue weighted by Gasteiger charge is 2.23. The Morgan fingerprint density at radius 2 is 2.04 bits per heavy atom. The molecule has 9 heteroatoms. The minimum atomic E-state index is -0.757. The zero-order chi connectivity index (χ0) is 19.8. The standard InChI is InChI=1S/C18H22N2O5S2/c1-11(2)6-14(18(23)24-3)20-15(21)8-25-16(22)7-13-10-27-17(19-13)12-4-5-26-9-12/h4-5,9-11,14H,6-8H2,1-3H3,(H,20,21)/t14-/m1/s1. The number of hydrogen-bond donors (Lipinski definition) is 1. The van der Waals surface area contributed by atoms with Crippen LogP contribution in [0.4, 0.5) is 0 Å². The van der Waals surface area contributed by atoms with Crippen molar-refractivity contribution in [3.8, 4) is 10.6 Å². The number of thiazole rings is 1. The lowest BCUT2D eigenvalue weighted by Gasteiger charge is -2.18. The Balaban J connectivity index is 1.80. The Bertz CT molecular complexity index is 771. The second kappa shape index (κ2) is 10.2. The third-order valence-corrected chi connectivity index (χ3v) is 5.16. The lowest BCUT2D eigenvalue weighted by atomic mass is 10.0. The highest BCUT2D eigenvalue weighted by Crippen LogP contribution is 2.25. The fourth-order valence-corrected chi connectivity index (χ4v) is 3.85. The molecule has 27 heavy (non-hydrogen) atoms. The van der Waals surface area contributed by atoms with Gasteiger partial charge in [-0.05, 0) is 23.8 Å². The third-order valence-electron chi connectivity index (χ3n) is 3.54. The number of amides is 1. The van der Waals surface area contributed by atoms with Gasteiger partial charge in [0.05, 0.1) is 19.2 Å². The number of aromatic nitrogens is 1. The van der Waals surface area contributed by atoms with Gasteiger partial charge >= 0.3 is 11.9 Å². The fraction of sp³-hybridized carbons (Fsp3) is 0.444. The average Bonchev–Trinajstić information content (AvgIpc) is 3.29. The average molecular weight is 411 g/mol. The van der Waals surface area contributed by atoms with E-state index in [1.165, 1.54) is 18.4 Å². The summed E-state index contributed by atoms with van der Waals surface area (Å²) >= 11 is 3.03. The number of thiophene rings is 1. The molecule has 0 aliphatic rings. The van der Waals surface area contributed by atoms with Crippen LogP contribution in [0.25, 0.3) is 10.6 Å². The van der Waals surface area contributed by atoms with E-state index in [2.05, 4.69) is 15.0 Å². The van der Waals surface area contributed by atoms with Crippen molar-refractivity contribution >= 4 is 40.5 Å². The molecular weight excluding hydrogens is 388 g/mol. The zero-order valence-corrected chi connectivity index (χ0v) is 17.0. The summed E-state index contributed by atoms with van der Waals surface area (Å²) in [5, 5.41) is 9.12. The van der Waals surface area contributed by atoms with Gasteiger partial charge in [-0.1, -0.05) is 13.8 Å². The molecule has 0 aromatic carbocycles. The van der Waals surface area contributed by atoms with Gasteiger partial charge in [0, 0.05) is 16.3 Å². The van der Waals surface area contributed by atoms with Crippen molar-refractivity contribution in [2.75, 3.05) is 13.7 Å². The van der Waals surface area contributed by atoms with Crippen LogP contribution in [0, 0.1) is 5.92 Å². The van der Waals surface area contributed by atoms with Gasteiger partial charge in [-0.15, -0.1) is 11.3 Å². The summed E-state index contributed by atoms with van der Waals surface area (Å²) in [4.78, 5) is 40.0. The van der Waals surface area contributed by atoms with Crippen LogP contribution in [0.1, 0.15) is 26.0 Å². The van der Waals surface area contributed by atoms with E-state index in [1.807, 2.05) is 30.7 Å². The molecule has 1 amide bonds. The Labute approximate surface area is 165 Å². The number of nitrogens with one attached hydrogen (secondary N) is 1. The predicted molar refractivity (Wildman–Crippen MR) is 103 cm³/mol. The predicted octanol–water partition coefficient (Wildman–Crippen LogP) is 2.66. The summed E-state index contributed by atoms with van der Waals surface area (Å²) in [7, 11) is 1.26. The van der Waals surface area contributed by atoms with E-state index in [1.54, 1.807) is 16.7 Å². The number of carbonyl (C=O) groups is 3. The first-order valence-corrected chi connectivity index (χ1v) is 10.2. The maximum absolute atomic E-state index is 12.0. The molecule has 1 atom stereocenters. The summed E-state index contributed by atoms with van der Waals surface area (Å²) in [5.74, 6) is -1.42. The normalized spacial score (nSPS) is 11.9. The Hall–Kier alpha value is -2.26. The minimum absolute atomic E-state index is 0.0136. The quantitative estimate of drug-likeness (QED) is 0.639. The van der Waals surface area contributed by atoms with Crippen molar-refractivity contribution in [2.24, 2.45) is 5.92 Å². The van der Waals surface area contributed by atoms with Crippen molar-refractivity contribution in [3.05, 3.63) is 27.9 Å². The molecule has 0 unspecified atom stereocenters. The van der Waals surface area contributed by atoms with Gasteiger partial charge < -0.3 is 14.8 Å². The molecule has 0 spiro atoms. The molecule has 1 N–H and O–H groups in total. The molecule has 2 rings (SSSR count). The molecule has 0 bridgehead atoms. The molecule has 0 aliphatic carbocycles. The zero-order valence-electron chi connectivity index (χ0n) is 15.4. The van der Waals surface area contributed by atoms with Gasteiger partial charge in [-0.3, -0.25) is 9.59 Å². The van der Waals surface area contributed by atoms with Crippen LogP contribution in [-0.2, 0) is 30.3 Å². The van der Waals surface area contributed by atoms with Gasteiger partial charge in [-0.25, -0.2) is 9.78 Å². The smallest absolute Gasteiger partial charge is 0.328 e. The Kier molecular flexibility index (Phi) is 7.93. The van der Waals surface area contributed by atoms with Crippen LogP contribution in [0.3, 0.4) is 0 Å². The summed E-state index contributed by atoms with van der Waals surface area (Å²) in [6.07, 6.45) is 0.427. The number of nitrogens with zero attached hydrogens (tertiary/aromatic N) is 1. The maximum Gasteiger partial charge on any atom is 0.328 e. The van der Waals surface area contributed by atoms with Crippen LogP contribution < -0.4 is 5.32 Å². The van der Waals surface area contributed by atoms with E-state index < -0.39 is 30.5 Å². The largest absolute Gasteiger partial charge is 0.467 e. The second-order valence-electron chi connectivity index (χ2n) is 6.27. The summed E-state index contributed by atoms with van der Waals surface area (Å²) < 4.78 is 9.67. The molecule has 2 aromatic rings. The van der Waals surface area contributed by atoms with Crippen LogP contribution in [0.2, 0.25) is 0 Å². The molecular formula is C18H22N2O5S2. The van der Waals surface area contributed by atoms with E-state index >= 15 is 0 Å². The minimum Gasteiger partial charge on any atom is -0.467 e. The number of carbonyl (C=O) groups excluding carboxylic acids is 3. The molecule has 0 fully saturated rings. The number of methoxy groups -OCH3 is 1. The molecule has 7 nitrogen and oxygen atoms in total. The topological polar surface area (TPSA) is 94.6 Å². The summed E-state index contributed by atoms with van der Waals surface area (Å²) in [6, 6.07) is 1.21. The number of ether oxygens (including phenoxy) is 2. The highest BCUT2D eigenvalue weighted by atomic mass is 32.1. The van der Waals surface area contributed by atoms with Crippen molar-refractivity contribution < 1.29 is 23.9 Å². The molecule has 2 heterocycles. The van der Waals surface area contributed by atoms with Gasteiger partial charge in [0.1, 0.15) is 11.0 Å². The van der Waals surface area contributed by atoms with Crippen LogP contribution in [-0.4, -0.2) is 42.6 Å². The van der Waals surface area contributed by atoms with Crippen molar-refractivity contribution in [1.29, 1.82) is 0 Å². The fourth-order valence-electron chi connectivity index (χ4n) is 2.32. The number of esters is 2. The Morgan fingerprint density at radius 3 is 2.67 bits per heavy atom. The highest BCUT2D eigenvalue weighted by molar-refractivity contribution is 7.14. The first kappa shape index (κ1) is 21.0. The molecule has 146 valence electrons. The van der Waals surface area contributed by atoms with E-state index in [-0.39, 0.29) is 12.3 Å². The maximum atomic E-state index is 12.0. The molecule has 0 aliphatic heterocycles. The van der Waals surface area contributed by atoms with Crippen molar-refractivity contribution in [2.45, 2.75) is 32.7 Å². The monoisotopic (exact) mass is 410 g/mol. The van der Waals surface area contributed by atoms with Crippen LogP contribution >= 0.6 is 22.7 Å². The van der Waals surface area contributed by atoms with Crippen LogP contribution in [0.15, 0.2) is 22.2 Å². The molecule has 0 radical (unpaired) electrons. The first-order valence-electron chi connectivity index (χ1n) is 8.38. The second-order valence-corrected chi connectivity index (χ2v) is 7.90. The molecule has 0 saturated heterocycles. The molecule has 0 saturated carbocycles. The molecule has 2 aromatic heterocycles. The van der Waals surface area contributed by atoms with E-state index in [0.29, 0.717) is 12.1 Å². The first-order chi connectivity index (χ1) is 12.9. The van der Waals surface area contributed by atoms with E-state index in [0.717, 1.165) is 10.6 Å². The number of rotatable bonds is 9. The number of hydrogen-bond acceptors (Lipinski definition) is 8. The van der Waals surface area contributed by atoms with E-state index in [9.17, 15) is 14.4 Å².